The summed E-state index contributed by atoms with van der Waals surface area (Å²) in [6, 6.07) is 0. The predicted octanol–water partition coefficient (Wildman–Crippen LogP) is 7.37. The van der Waals surface area contributed by atoms with Crippen molar-refractivity contribution in [3.8, 4) is 0 Å². The van der Waals surface area contributed by atoms with Gasteiger partial charge < -0.3 is 24.9 Å². The zero-order valence-electron chi connectivity index (χ0n) is 28.9. The van der Waals surface area contributed by atoms with Crippen LogP contribution in [0.3, 0.4) is 0 Å². The van der Waals surface area contributed by atoms with E-state index in [-0.39, 0.29) is 30.0 Å². The van der Waals surface area contributed by atoms with Gasteiger partial charge in [0.15, 0.2) is 0 Å². The van der Waals surface area contributed by atoms with Gasteiger partial charge in [-0.3, -0.25) is 4.79 Å². The van der Waals surface area contributed by atoms with Crippen LogP contribution in [-0.2, 0) is 14.3 Å². The number of ether oxygens (including phenoxy) is 1. The van der Waals surface area contributed by atoms with Gasteiger partial charge in [0.25, 0.3) is 0 Å². The molecule has 4 bridgehead atoms. The number of nitrogens with one attached hydrogen (secondary N) is 1. The Balaban J connectivity index is 1.53. The van der Waals surface area contributed by atoms with E-state index in [0.29, 0.717) is 24.2 Å². The number of rotatable bonds is 18. The Hall–Kier alpha value is -1.24. The molecule has 4 aliphatic carbocycles. The molecule has 0 radical (unpaired) electrons. The summed E-state index contributed by atoms with van der Waals surface area (Å²) >= 11 is 0. The third-order valence-corrected chi connectivity index (χ3v) is 13.6. The van der Waals surface area contributed by atoms with Gasteiger partial charge >= 0.3 is 5.97 Å². The molecule has 0 spiro atoms. The molecule has 5 rings (SSSR count). The number of hydrogen-bond acceptors (Lipinski definition) is 5. The van der Waals surface area contributed by atoms with Crippen LogP contribution < -0.4 is 5.32 Å². The number of carbonyl (C=O) groups is 2. The van der Waals surface area contributed by atoms with Gasteiger partial charge in [-0.1, -0.05) is 84.8 Å². The Morgan fingerprint density at radius 2 is 1.86 bits per heavy atom. The molecule has 44 heavy (non-hydrogen) atoms. The van der Waals surface area contributed by atoms with Crippen molar-refractivity contribution in [2.75, 3.05) is 33.2 Å². The zero-order chi connectivity index (χ0) is 31.7. The fourth-order valence-corrected chi connectivity index (χ4v) is 11.7. The van der Waals surface area contributed by atoms with E-state index >= 15 is 0 Å². The number of aldehydes is 1. The fourth-order valence-electron chi connectivity index (χ4n) is 11.7. The third kappa shape index (κ3) is 5.16. The van der Waals surface area contributed by atoms with Gasteiger partial charge in [0.05, 0.1) is 17.6 Å². The van der Waals surface area contributed by atoms with E-state index in [1.165, 1.54) is 44.8 Å². The summed E-state index contributed by atoms with van der Waals surface area (Å²) in [5.41, 5.74) is -1.46. The van der Waals surface area contributed by atoms with Crippen molar-refractivity contribution < 1.29 is 19.4 Å². The number of aliphatic carboxylic acids is 1. The smallest absolute Gasteiger partial charge is 0.315 e. The summed E-state index contributed by atoms with van der Waals surface area (Å²) in [5.74, 6) is 1.02. The Labute approximate surface area is 268 Å². The minimum Gasteiger partial charge on any atom is -0.481 e. The minimum atomic E-state index is -1.15. The second-order valence-corrected chi connectivity index (χ2v) is 16.0. The summed E-state index contributed by atoms with van der Waals surface area (Å²) in [6.45, 7) is 15.3. The SMILES string of the molecule is CCCCCCC1CC(C23C[C@@H]4[C@H](C)CC[C@H]4C4(C=O)CC2C=C(C(C)C)C34C(=O)O)OC1CN(CCCC)CCCNC. The number of hydrogen-bond donors (Lipinski definition) is 2. The molecule has 0 aromatic carbocycles. The number of allylic oxidation sites excluding steroid dienone is 1. The van der Waals surface area contributed by atoms with Crippen molar-refractivity contribution >= 4 is 12.3 Å². The van der Waals surface area contributed by atoms with E-state index in [9.17, 15) is 14.7 Å². The number of carboxylic acid groups (broad SMARTS) is 1. The molecule has 7 unspecified atom stereocenters. The van der Waals surface area contributed by atoms with E-state index in [1.807, 2.05) is 7.05 Å². The predicted molar refractivity (Wildman–Crippen MR) is 177 cm³/mol. The molecule has 0 amide bonds. The molecule has 6 nitrogen and oxygen atoms in total. The maximum Gasteiger partial charge on any atom is 0.315 e. The second kappa shape index (κ2) is 13.9. The lowest BCUT2D eigenvalue weighted by atomic mass is 9.41. The van der Waals surface area contributed by atoms with Crippen LogP contribution in [0.4, 0.5) is 0 Å². The largest absolute Gasteiger partial charge is 0.481 e. The highest BCUT2D eigenvalue weighted by molar-refractivity contribution is 5.90. The molecule has 1 heterocycles. The molecular formula is C38H64N2O4. The van der Waals surface area contributed by atoms with Gasteiger partial charge in [-0.25, -0.2) is 0 Å². The van der Waals surface area contributed by atoms with Crippen LogP contribution in [0, 0.1) is 51.8 Å². The van der Waals surface area contributed by atoms with Crippen LogP contribution in [0.1, 0.15) is 118 Å². The van der Waals surface area contributed by atoms with E-state index in [2.05, 4.69) is 50.9 Å². The molecule has 10 atom stereocenters. The van der Waals surface area contributed by atoms with Gasteiger partial charge in [-0.2, -0.15) is 0 Å². The number of fused-ring (bicyclic) bond motifs is 2. The van der Waals surface area contributed by atoms with E-state index < -0.39 is 22.2 Å². The average molecular weight is 613 g/mol. The van der Waals surface area contributed by atoms with Crippen LogP contribution in [-0.4, -0.2) is 67.7 Å². The first-order valence-electron chi connectivity index (χ1n) is 18.6. The van der Waals surface area contributed by atoms with E-state index in [1.54, 1.807) is 0 Å². The molecular weight excluding hydrogens is 548 g/mol. The Bertz CT molecular complexity index is 1040. The van der Waals surface area contributed by atoms with Crippen molar-refractivity contribution in [3.05, 3.63) is 11.6 Å². The van der Waals surface area contributed by atoms with Crippen LogP contribution >= 0.6 is 0 Å². The lowest BCUT2D eigenvalue weighted by molar-refractivity contribution is -0.197. The molecule has 6 heteroatoms. The van der Waals surface area contributed by atoms with Gasteiger partial charge in [-0.15, -0.1) is 0 Å². The summed E-state index contributed by atoms with van der Waals surface area (Å²) in [6.07, 6.45) is 17.8. The Kier molecular flexibility index (Phi) is 10.7. The number of unbranched alkanes of at least 4 members (excludes halogenated alkanes) is 4. The molecule has 1 saturated heterocycles. The number of carboxylic acids is 1. The Morgan fingerprint density at radius 3 is 2.52 bits per heavy atom. The molecule has 1 aliphatic heterocycles. The first-order valence-corrected chi connectivity index (χ1v) is 18.6. The molecule has 2 N–H and O–H groups in total. The average Bonchev–Trinajstić information content (AvgIpc) is 3.71. The van der Waals surface area contributed by atoms with Crippen LogP contribution in [0.5, 0.6) is 0 Å². The molecule has 0 aromatic rings. The summed E-state index contributed by atoms with van der Waals surface area (Å²) in [4.78, 5) is 30.3. The van der Waals surface area contributed by atoms with E-state index in [4.69, 9.17) is 4.74 Å². The van der Waals surface area contributed by atoms with Crippen LogP contribution in [0.2, 0.25) is 0 Å². The topological polar surface area (TPSA) is 78.9 Å². The first kappa shape index (κ1) is 34.1. The summed E-state index contributed by atoms with van der Waals surface area (Å²) in [7, 11) is 2.03. The monoisotopic (exact) mass is 612 g/mol. The lowest BCUT2D eigenvalue weighted by Gasteiger charge is -2.60. The Morgan fingerprint density at radius 1 is 1.11 bits per heavy atom. The van der Waals surface area contributed by atoms with Crippen LogP contribution in [0.25, 0.3) is 0 Å². The minimum absolute atomic E-state index is 0.101. The number of carbonyl (C=O) groups excluding carboxylic acids is 1. The third-order valence-electron chi connectivity index (χ3n) is 13.6. The molecule has 4 fully saturated rings. The maximum absolute atomic E-state index is 14.1. The highest BCUT2D eigenvalue weighted by Crippen LogP contribution is 2.84. The van der Waals surface area contributed by atoms with Gasteiger partial charge in [0, 0.05) is 12.0 Å². The van der Waals surface area contributed by atoms with Crippen molar-refractivity contribution in [2.45, 2.75) is 130 Å². The molecule has 3 saturated carbocycles. The maximum atomic E-state index is 14.1. The fraction of sp³-hybridized carbons (Fsp3) is 0.895. The second-order valence-electron chi connectivity index (χ2n) is 16.0. The normalized spacial score (nSPS) is 40.6. The molecule has 5 aliphatic rings. The van der Waals surface area contributed by atoms with Crippen molar-refractivity contribution in [2.24, 2.45) is 51.8 Å². The van der Waals surface area contributed by atoms with Crippen molar-refractivity contribution in [1.82, 2.24) is 10.2 Å². The summed E-state index contributed by atoms with van der Waals surface area (Å²) in [5, 5.41) is 14.9. The highest BCUT2D eigenvalue weighted by Gasteiger charge is 2.86. The van der Waals surface area contributed by atoms with Crippen molar-refractivity contribution in [1.29, 1.82) is 0 Å². The van der Waals surface area contributed by atoms with E-state index in [0.717, 1.165) is 70.3 Å². The molecule has 250 valence electrons. The first-order chi connectivity index (χ1) is 21.2. The lowest BCUT2D eigenvalue weighted by Crippen LogP contribution is -2.65. The van der Waals surface area contributed by atoms with Gasteiger partial charge in [0.1, 0.15) is 11.7 Å². The molecule has 0 aromatic heterocycles. The highest BCUT2D eigenvalue weighted by atomic mass is 16.5. The quantitative estimate of drug-likeness (QED) is 0.0956. The zero-order valence-corrected chi connectivity index (χ0v) is 28.9. The standard InChI is InChI=1S/C38H64N2O4/c1-7-9-11-12-14-28-20-34(44-33(28)24-40(18-10-8-2)19-13-17-39-6)37-23-30-27(5)15-16-31(30)36(25-41)22-29(37)21-32(26(3)4)38(36,37)35(42)43/h21,25-31,33-34,39H,7-20,22-24H2,1-6H3,(H,42,43)/t27-,28?,29?,30-,31-,33?,34?,36?,37?,38?/m1/s1. The van der Waals surface area contributed by atoms with Crippen LogP contribution in [0.15, 0.2) is 11.6 Å². The van der Waals surface area contributed by atoms with Gasteiger partial charge in [-0.05, 0) is 107 Å². The summed E-state index contributed by atoms with van der Waals surface area (Å²) < 4.78 is 7.40. The van der Waals surface area contributed by atoms with Gasteiger partial charge in [0.2, 0.25) is 0 Å². The van der Waals surface area contributed by atoms with Crippen molar-refractivity contribution in [3.63, 3.8) is 0 Å². The number of nitrogens with zero attached hydrogens (tertiary/aromatic N) is 1.